The Balaban J connectivity index is 2.87. The van der Waals surface area contributed by atoms with E-state index in [1.807, 2.05) is 13.0 Å². The van der Waals surface area contributed by atoms with Crippen molar-refractivity contribution in [3.63, 3.8) is 0 Å². The SMILES string of the molecule is CCCCOP(=O)(O/N=C(/C)Cl)c1ccccc1. The van der Waals surface area contributed by atoms with Gasteiger partial charge in [-0.2, -0.15) is 0 Å². The first-order chi connectivity index (χ1) is 8.58. The lowest BCUT2D eigenvalue weighted by Crippen LogP contribution is -2.09. The maximum Gasteiger partial charge on any atom is 0.430 e. The Bertz CT molecular complexity index is 432. The molecule has 0 saturated carbocycles. The van der Waals surface area contributed by atoms with Crippen LogP contribution < -0.4 is 5.30 Å². The summed E-state index contributed by atoms with van der Waals surface area (Å²) in [6, 6.07) is 8.74. The van der Waals surface area contributed by atoms with Crippen molar-refractivity contribution in [3.8, 4) is 0 Å². The molecule has 1 unspecified atom stereocenters. The quantitative estimate of drug-likeness (QED) is 0.331. The molecule has 6 heteroatoms. The Kier molecular flexibility index (Phi) is 6.41. The van der Waals surface area contributed by atoms with Crippen LogP contribution in [-0.2, 0) is 13.7 Å². The van der Waals surface area contributed by atoms with Crippen molar-refractivity contribution in [1.82, 2.24) is 0 Å². The average Bonchev–Trinajstić information content (AvgIpc) is 2.38. The predicted octanol–water partition coefficient (Wildman–Crippen LogP) is 3.91. The van der Waals surface area contributed by atoms with Gasteiger partial charge in [-0.1, -0.05) is 48.3 Å². The number of rotatable bonds is 7. The maximum atomic E-state index is 12.6. The standard InChI is InChI=1S/C12H17ClNO3P/c1-3-4-10-16-18(15,17-14-11(2)13)12-8-6-5-7-9-12/h5-9H,3-4,10H2,1-2H3/b14-11-. The zero-order chi connectivity index (χ0) is 13.4. The molecule has 0 amide bonds. The van der Waals surface area contributed by atoms with Crippen LogP contribution >= 0.6 is 19.2 Å². The van der Waals surface area contributed by atoms with Crippen LogP contribution in [0.2, 0.25) is 0 Å². The van der Waals surface area contributed by atoms with Crippen LogP contribution in [0.5, 0.6) is 0 Å². The molecule has 0 aromatic heterocycles. The molecule has 100 valence electrons. The molecule has 0 radical (unpaired) electrons. The first kappa shape index (κ1) is 15.2. The Morgan fingerprint density at radius 2 is 2.06 bits per heavy atom. The molecule has 1 aromatic rings. The van der Waals surface area contributed by atoms with E-state index in [1.54, 1.807) is 31.2 Å². The number of nitrogens with zero attached hydrogens (tertiary/aromatic N) is 1. The van der Waals surface area contributed by atoms with Gasteiger partial charge in [-0.15, -0.1) is 0 Å². The molecule has 0 saturated heterocycles. The molecule has 18 heavy (non-hydrogen) atoms. The zero-order valence-corrected chi connectivity index (χ0v) is 12.2. The number of benzene rings is 1. The molecule has 0 aliphatic carbocycles. The van der Waals surface area contributed by atoms with Crippen LogP contribution in [0.15, 0.2) is 35.5 Å². The van der Waals surface area contributed by atoms with Crippen LogP contribution in [0.4, 0.5) is 0 Å². The molecule has 0 bridgehead atoms. The lowest BCUT2D eigenvalue weighted by atomic mass is 10.4. The first-order valence-electron chi connectivity index (χ1n) is 5.77. The molecule has 0 fully saturated rings. The summed E-state index contributed by atoms with van der Waals surface area (Å²) in [4.78, 5) is 0. The summed E-state index contributed by atoms with van der Waals surface area (Å²) >= 11 is 5.58. The molecular weight excluding hydrogens is 273 g/mol. The second kappa shape index (κ2) is 7.57. The van der Waals surface area contributed by atoms with E-state index in [0.717, 1.165) is 12.8 Å². The summed E-state index contributed by atoms with van der Waals surface area (Å²) in [5.74, 6) is 0. The van der Waals surface area contributed by atoms with E-state index < -0.39 is 7.60 Å². The van der Waals surface area contributed by atoms with Gasteiger partial charge in [0.1, 0.15) is 5.17 Å². The largest absolute Gasteiger partial charge is 0.430 e. The highest BCUT2D eigenvalue weighted by atomic mass is 35.5. The Morgan fingerprint density at radius 3 is 2.61 bits per heavy atom. The number of halogens is 1. The predicted molar refractivity (Wildman–Crippen MR) is 74.6 cm³/mol. The molecule has 1 atom stereocenters. The van der Waals surface area contributed by atoms with Crippen LogP contribution in [0.25, 0.3) is 0 Å². The molecular formula is C12H17ClNO3P. The Hall–Kier alpha value is -0.830. The molecule has 0 aliphatic heterocycles. The van der Waals surface area contributed by atoms with Crippen LogP contribution in [0, 0.1) is 0 Å². The van der Waals surface area contributed by atoms with Crippen molar-refractivity contribution >= 4 is 29.7 Å². The van der Waals surface area contributed by atoms with E-state index >= 15 is 0 Å². The third-order valence-corrected chi connectivity index (χ3v) is 3.92. The van der Waals surface area contributed by atoms with Crippen LogP contribution in [0.3, 0.4) is 0 Å². The van der Waals surface area contributed by atoms with Crippen LogP contribution in [-0.4, -0.2) is 11.8 Å². The molecule has 4 nitrogen and oxygen atoms in total. The zero-order valence-electron chi connectivity index (χ0n) is 10.5. The van der Waals surface area contributed by atoms with Gasteiger partial charge in [-0.05, 0) is 25.5 Å². The minimum Gasteiger partial charge on any atom is -0.309 e. The molecule has 0 spiro atoms. The van der Waals surface area contributed by atoms with Crippen molar-refractivity contribution in [2.75, 3.05) is 6.61 Å². The maximum absolute atomic E-state index is 12.6. The van der Waals surface area contributed by atoms with Gasteiger partial charge in [-0.25, -0.2) is 4.57 Å². The molecule has 0 N–H and O–H groups in total. The van der Waals surface area contributed by atoms with Gasteiger partial charge in [0, 0.05) is 0 Å². The van der Waals surface area contributed by atoms with Gasteiger partial charge in [-0.3, -0.25) is 4.52 Å². The van der Waals surface area contributed by atoms with Crippen molar-refractivity contribution in [1.29, 1.82) is 0 Å². The third-order valence-electron chi connectivity index (χ3n) is 2.11. The van der Waals surface area contributed by atoms with Gasteiger partial charge >= 0.3 is 7.60 Å². The summed E-state index contributed by atoms with van der Waals surface area (Å²) in [5, 5.41) is 4.19. The third kappa shape index (κ3) is 4.81. The number of hydrogen-bond acceptors (Lipinski definition) is 4. The van der Waals surface area contributed by atoms with E-state index in [2.05, 4.69) is 5.16 Å². The second-order valence-corrected chi connectivity index (χ2v) is 6.17. The van der Waals surface area contributed by atoms with Crippen molar-refractivity contribution in [2.45, 2.75) is 26.7 Å². The Labute approximate surface area is 112 Å². The van der Waals surface area contributed by atoms with Crippen molar-refractivity contribution in [3.05, 3.63) is 30.3 Å². The topological polar surface area (TPSA) is 47.9 Å². The minimum atomic E-state index is -3.43. The lowest BCUT2D eigenvalue weighted by Gasteiger charge is -2.15. The highest BCUT2D eigenvalue weighted by Gasteiger charge is 2.29. The second-order valence-electron chi connectivity index (χ2n) is 3.69. The van der Waals surface area contributed by atoms with Gasteiger partial charge in [0.15, 0.2) is 0 Å². The molecule has 0 heterocycles. The fraction of sp³-hybridized carbons (Fsp3) is 0.417. The van der Waals surface area contributed by atoms with E-state index in [0.29, 0.717) is 11.9 Å². The minimum absolute atomic E-state index is 0.172. The first-order valence-corrected chi connectivity index (χ1v) is 7.69. The number of oxime groups is 1. The fourth-order valence-electron chi connectivity index (χ4n) is 1.19. The Morgan fingerprint density at radius 1 is 1.39 bits per heavy atom. The molecule has 1 aromatic carbocycles. The van der Waals surface area contributed by atoms with E-state index in [-0.39, 0.29) is 5.17 Å². The molecule has 0 aliphatic rings. The summed E-state index contributed by atoms with van der Waals surface area (Å²) < 4.78 is 23.0. The van der Waals surface area contributed by atoms with Gasteiger partial charge in [0.2, 0.25) is 0 Å². The van der Waals surface area contributed by atoms with E-state index in [4.69, 9.17) is 20.7 Å². The van der Waals surface area contributed by atoms with Gasteiger partial charge < -0.3 is 4.62 Å². The summed E-state index contributed by atoms with van der Waals surface area (Å²) in [7, 11) is -3.43. The smallest absolute Gasteiger partial charge is 0.309 e. The van der Waals surface area contributed by atoms with Crippen LogP contribution in [0.1, 0.15) is 26.7 Å². The highest BCUT2D eigenvalue weighted by molar-refractivity contribution is 7.62. The number of hydrogen-bond donors (Lipinski definition) is 0. The van der Waals surface area contributed by atoms with Gasteiger partial charge in [0.05, 0.1) is 11.9 Å². The van der Waals surface area contributed by atoms with Gasteiger partial charge in [0.25, 0.3) is 0 Å². The average molecular weight is 290 g/mol. The number of unbranched alkanes of at least 4 members (excludes halogenated alkanes) is 1. The lowest BCUT2D eigenvalue weighted by molar-refractivity contribution is 0.218. The van der Waals surface area contributed by atoms with Crippen molar-refractivity contribution < 1.29 is 13.7 Å². The summed E-state index contributed by atoms with van der Waals surface area (Å²) in [6.45, 7) is 3.93. The van der Waals surface area contributed by atoms with Crippen molar-refractivity contribution in [2.24, 2.45) is 5.16 Å². The summed E-state index contributed by atoms with van der Waals surface area (Å²) in [6.07, 6.45) is 1.76. The fourth-order valence-corrected chi connectivity index (χ4v) is 2.70. The normalized spacial score (nSPS) is 15.2. The van der Waals surface area contributed by atoms with E-state index in [1.165, 1.54) is 0 Å². The summed E-state index contributed by atoms with van der Waals surface area (Å²) in [5.41, 5.74) is 0. The van der Waals surface area contributed by atoms with E-state index in [9.17, 15) is 4.57 Å². The molecule has 1 rings (SSSR count). The monoisotopic (exact) mass is 289 g/mol. The highest BCUT2D eigenvalue weighted by Crippen LogP contribution is 2.47.